The fraction of sp³-hybridized carbons (Fsp3) is 0.0233. The van der Waals surface area contributed by atoms with E-state index in [2.05, 4.69) is 168 Å². The third-order valence-electron chi connectivity index (χ3n) is 8.82. The summed E-state index contributed by atoms with van der Waals surface area (Å²) in [4.78, 5) is 0. The van der Waals surface area contributed by atoms with Crippen LogP contribution in [0.5, 0.6) is 0 Å². The van der Waals surface area contributed by atoms with Gasteiger partial charge in [0.05, 0.1) is 33.4 Å². The molecule has 0 amide bonds. The molecule has 0 aliphatic heterocycles. The molecule has 2 heterocycles. The van der Waals surface area contributed by atoms with Gasteiger partial charge in [0.25, 0.3) is 0 Å². The number of aromatic nitrogens is 2. The van der Waals surface area contributed by atoms with Crippen LogP contribution in [-0.2, 0) is 0 Å². The minimum atomic E-state index is 1.08. The van der Waals surface area contributed by atoms with Crippen molar-refractivity contribution in [2.24, 2.45) is 0 Å². The van der Waals surface area contributed by atoms with Gasteiger partial charge in [-0.2, -0.15) is 0 Å². The van der Waals surface area contributed by atoms with E-state index in [4.69, 9.17) is 6.42 Å². The van der Waals surface area contributed by atoms with Crippen LogP contribution in [-0.4, -0.2) is 9.13 Å². The number of allylic oxidation sites excluding steroid dienone is 4. The van der Waals surface area contributed by atoms with E-state index in [1.54, 1.807) is 6.08 Å². The SMILES string of the molecule is C#C/C=C\C(=C/C)c1ccccc1-n1c2ccccc2c2cc3c4ccccc4n(-c4ccccc4-c4ccccc4)c3cc21. The summed E-state index contributed by atoms with van der Waals surface area (Å²) in [6.45, 7) is 2.06. The van der Waals surface area contributed by atoms with Gasteiger partial charge >= 0.3 is 0 Å². The van der Waals surface area contributed by atoms with Crippen molar-refractivity contribution in [3.8, 4) is 34.8 Å². The molecule has 0 atom stereocenters. The van der Waals surface area contributed by atoms with Crippen LogP contribution in [0.25, 0.3) is 71.7 Å². The predicted molar refractivity (Wildman–Crippen MR) is 192 cm³/mol. The molecule has 0 fully saturated rings. The second-order valence-electron chi connectivity index (χ2n) is 11.2. The Morgan fingerprint density at radius 1 is 0.556 bits per heavy atom. The quantitative estimate of drug-likeness (QED) is 0.143. The Balaban J connectivity index is 1.51. The predicted octanol–water partition coefficient (Wildman–Crippen LogP) is 11.1. The molecule has 0 saturated heterocycles. The molecule has 212 valence electrons. The third kappa shape index (κ3) is 4.21. The molecular formula is C43H30N2. The van der Waals surface area contributed by atoms with Gasteiger partial charge in [-0.3, -0.25) is 0 Å². The molecule has 0 spiro atoms. The van der Waals surface area contributed by atoms with Gasteiger partial charge in [-0.25, -0.2) is 0 Å². The zero-order chi connectivity index (χ0) is 30.3. The third-order valence-corrected chi connectivity index (χ3v) is 8.82. The Bertz CT molecular complexity index is 2490. The van der Waals surface area contributed by atoms with Gasteiger partial charge in [-0.15, -0.1) is 6.42 Å². The molecule has 2 nitrogen and oxygen atoms in total. The molecule has 0 N–H and O–H groups in total. The highest BCUT2D eigenvalue weighted by atomic mass is 15.0. The number of benzene rings is 6. The van der Waals surface area contributed by atoms with E-state index in [1.807, 2.05) is 6.08 Å². The summed E-state index contributed by atoms with van der Waals surface area (Å²) in [6, 6.07) is 50.2. The van der Waals surface area contributed by atoms with Crippen molar-refractivity contribution in [3.05, 3.63) is 163 Å². The Labute approximate surface area is 262 Å². The van der Waals surface area contributed by atoms with Gasteiger partial charge in [0.2, 0.25) is 0 Å². The highest BCUT2D eigenvalue weighted by molar-refractivity contribution is 6.19. The van der Waals surface area contributed by atoms with Gasteiger partial charge in [0.1, 0.15) is 0 Å². The first-order chi connectivity index (χ1) is 22.3. The van der Waals surface area contributed by atoms with E-state index in [0.29, 0.717) is 0 Å². The molecule has 2 aromatic heterocycles. The van der Waals surface area contributed by atoms with Crippen molar-refractivity contribution in [2.75, 3.05) is 0 Å². The maximum Gasteiger partial charge on any atom is 0.0562 e. The van der Waals surface area contributed by atoms with Gasteiger partial charge in [0.15, 0.2) is 0 Å². The summed E-state index contributed by atoms with van der Waals surface area (Å²) in [5, 5.41) is 4.94. The molecule has 8 aromatic rings. The van der Waals surface area contributed by atoms with E-state index in [-0.39, 0.29) is 0 Å². The van der Waals surface area contributed by atoms with Crippen LogP contribution in [0.1, 0.15) is 12.5 Å². The zero-order valence-electron chi connectivity index (χ0n) is 25.0. The molecule has 8 rings (SSSR count). The summed E-state index contributed by atoms with van der Waals surface area (Å²) < 4.78 is 4.85. The number of hydrogen-bond donors (Lipinski definition) is 0. The largest absolute Gasteiger partial charge is 0.309 e. The highest BCUT2D eigenvalue weighted by Crippen LogP contribution is 2.41. The summed E-state index contributed by atoms with van der Waals surface area (Å²) in [6.07, 6.45) is 11.5. The first-order valence-corrected chi connectivity index (χ1v) is 15.3. The normalized spacial score (nSPS) is 12.1. The lowest BCUT2D eigenvalue weighted by Gasteiger charge is -2.16. The fourth-order valence-corrected chi connectivity index (χ4v) is 6.87. The Morgan fingerprint density at radius 3 is 1.78 bits per heavy atom. The zero-order valence-corrected chi connectivity index (χ0v) is 25.0. The standard InChI is InChI=1S/C43H30N2/c1-3-5-17-30(4-2)32-20-9-13-24-38(32)44-40-26-15-11-22-34(40)36-28-37-35-23-12-16-27-41(35)45(43(37)29-42(36)44)39-25-14-10-21-33(39)31-18-7-6-8-19-31/h1,4-29H,2H3/b17-5-,30-4+. The van der Waals surface area contributed by atoms with Crippen LogP contribution in [0, 0.1) is 12.3 Å². The Hall–Kier alpha value is -6.04. The van der Waals surface area contributed by atoms with Crippen molar-refractivity contribution in [1.82, 2.24) is 9.13 Å². The Kier molecular flexibility index (Phi) is 6.44. The molecule has 45 heavy (non-hydrogen) atoms. The van der Waals surface area contributed by atoms with E-state index in [9.17, 15) is 0 Å². The maximum atomic E-state index is 5.61. The summed E-state index contributed by atoms with van der Waals surface area (Å²) in [5.41, 5.74) is 11.6. The maximum absolute atomic E-state index is 5.61. The molecule has 0 saturated carbocycles. The molecule has 0 bridgehead atoms. The smallest absolute Gasteiger partial charge is 0.0562 e. The summed E-state index contributed by atoms with van der Waals surface area (Å²) in [5.74, 6) is 2.66. The van der Waals surface area contributed by atoms with Gasteiger partial charge in [0, 0.05) is 32.7 Å². The van der Waals surface area contributed by atoms with Crippen LogP contribution < -0.4 is 0 Å². The van der Waals surface area contributed by atoms with Gasteiger partial charge < -0.3 is 9.13 Å². The lowest BCUT2D eigenvalue weighted by molar-refractivity contribution is 1.16. The van der Waals surface area contributed by atoms with Crippen LogP contribution in [0.3, 0.4) is 0 Å². The molecule has 6 aromatic carbocycles. The lowest BCUT2D eigenvalue weighted by Crippen LogP contribution is -2.00. The van der Waals surface area contributed by atoms with E-state index < -0.39 is 0 Å². The van der Waals surface area contributed by atoms with Crippen LogP contribution in [0.15, 0.2) is 158 Å². The second-order valence-corrected chi connectivity index (χ2v) is 11.2. The fourth-order valence-electron chi connectivity index (χ4n) is 6.87. The minimum absolute atomic E-state index is 1.08. The number of para-hydroxylation sites is 4. The van der Waals surface area contributed by atoms with Crippen LogP contribution >= 0.6 is 0 Å². The number of rotatable bonds is 5. The highest BCUT2D eigenvalue weighted by Gasteiger charge is 2.20. The van der Waals surface area contributed by atoms with E-state index in [0.717, 1.165) is 28.0 Å². The summed E-state index contributed by atoms with van der Waals surface area (Å²) in [7, 11) is 0. The van der Waals surface area contributed by atoms with Gasteiger partial charge in [-0.05, 0) is 66.6 Å². The van der Waals surface area contributed by atoms with Crippen molar-refractivity contribution < 1.29 is 0 Å². The average molecular weight is 575 g/mol. The summed E-state index contributed by atoms with van der Waals surface area (Å²) >= 11 is 0. The molecular weight excluding hydrogens is 544 g/mol. The average Bonchev–Trinajstić information content (AvgIpc) is 3.60. The Morgan fingerprint density at radius 2 is 1.11 bits per heavy atom. The first-order valence-electron chi connectivity index (χ1n) is 15.3. The first kappa shape index (κ1) is 26.6. The molecule has 0 aliphatic carbocycles. The van der Waals surface area contributed by atoms with Crippen molar-refractivity contribution in [1.29, 1.82) is 0 Å². The second kappa shape index (κ2) is 10.9. The lowest BCUT2D eigenvalue weighted by atomic mass is 10.0. The van der Waals surface area contributed by atoms with Crippen molar-refractivity contribution >= 4 is 49.2 Å². The number of fused-ring (bicyclic) bond motifs is 6. The topological polar surface area (TPSA) is 9.86 Å². The number of hydrogen-bond acceptors (Lipinski definition) is 0. The van der Waals surface area contributed by atoms with E-state index in [1.165, 1.54) is 49.2 Å². The molecule has 0 radical (unpaired) electrons. The molecule has 0 unspecified atom stereocenters. The van der Waals surface area contributed by atoms with Crippen LogP contribution in [0.4, 0.5) is 0 Å². The van der Waals surface area contributed by atoms with Crippen molar-refractivity contribution in [3.63, 3.8) is 0 Å². The van der Waals surface area contributed by atoms with Gasteiger partial charge in [-0.1, -0.05) is 115 Å². The molecule has 2 heteroatoms. The monoisotopic (exact) mass is 574 g/mol. The molecule has 0 aliphatic rings. The van der Waals surface area contributed by atoms with Crippen molar-refractivity contribution in [2.45, 2.75) is 6.92 Å². The minimum Gasteiger partial charge on any atom is -0.309 e. The number of nitrogens with zero attached hydrogens (tertiary/aromatic N) is 2. The van der Waals surface area contributed by atoms with E-state index >= 15 is 0 Å². The van der Waals surface area contributed by atoms with Crippen LogP contribution in [0.2, 0.25) is 0 Å². The number of terminal acetylenes is 1.